The zero-order valence-corrected chi connectivity index (χ0v) is 12.2. The van der Waals surface area contributed by atoms with E-state index in [1.165, 1.54) is 5.56 Å². The van der Waals surface area contributed by atoms with E-state index >= 15 is 0 Å². The fourth-order valence-corrected chi connectivity index (χ4v) is 2.44. The Kier molecular flexibility index (Phi) is 4.83. The molecule has 0 N–H and O–H groups in total. The molecule has 0 bridgehead atoms. The van der Waals surface area contributed by atoms with Crippen LogP contribution in [0, 0.1) is 0 Å². The molecular formula is C15H20ClNO2. The van der Waals surface area contributed by atoms with Gasteiger partial charge in [-0.1, -0.05) is 23.7 Å². The number of likely N-dealkylation sites (N-methyl/N-ethyl adjacent to an activating group) is 1. The maximum Gasteiger partial charge on any atom is 0.251 e. The van der Waals surface area contributed by atoms with Crippen LogP contribution < -0.4 is 0 Å². The predicted octanol–water partition coefficient (Wildman–Crippen LogP) is 2.91. The van der Waals surface area contributed by atoms with E-state index in [1.54, 1.807) is 4.90 Å². The number of halogens is 1. The Morgan fingerprint density at radius 1 is 1.47 bits per heavy atom. The maximum absolute atomic E-state index is 12.2. The summed E-state index contributed by atoms with van der Waals surface area (Å²) in [6.07, 6.45) is 2.41. The van der Waals surface area contributed by atoms with Crippen LogP contribution in [0.4, 0.5) is 0 Å². The molecule has 1 aromatic carbocycles. The topological polar surface area (TPSA) is 29.5 Å². The molecule has 0 spiro atoms. The Balaban J connectivity index is 1.92. The van der Waals surface area contributed by atoms with Gasteiger partial charge in [0.25, 0.3) is 5.91 Å². The summed E-state index contributed by atoms with van der Waals surface area (Å²) < 4.78 is 5.44. The molecule has 2 unspecified atom stereocenters. The van der Waals surface area contributed by atoms with Crippen molar-refractivity contribution in [3.63, 3.8) is 0 Å². The lowest BCUT2D eigenvalue weighted by Gasteiger charge is -2.27. The highest BCUT2D eigenvalue weighted by atomic mass is 35.5. The minimum Gasteiger partial charge on any atom is -0.368 e. The van der Waals surface area contributed by atoms with Crippen LogP contribution in [0.25, 0.3) is 0 Å². The molecule has 2 atom stereocenters. The molecule has 1 aromatic rings. The molecular weight excluding hydrogens is 262 g/mol. The average molecular weight is 282 g/mol. The third-order valence-corrected chi connectivity index (χ3v) is 3.91. The first-order chi connectivity index (χ1) is 9.08. The number of carbonyl (C=O) groups excluding carboxylic acids is 1. The lowest BCUT2D eigenvalue weighted by atomic mass is 10.1. The minimum atomic E-state index is -0.238. The molecule has 3 nitrogen and oxygen atoms in total. The van der Waals surface area contributed by atoms with Gasteiger partial charge in [0.2, 0.25) is 0 Å². The number of nitrogens with zero attached hydrogens (tertiary/aromatic N) is 1. The van der Waals surface area contributed by atoms with E-state index in [-0.39, 0.29) is 18.1 Å². The SMILES string of the molecule is CC(Cc1ccc(Cl)cc1)N(C)C(=O)C1CCCO1. The van der Waals surface area contributed by atoms with Gasteiger partial charge in [0.05, 0.1) is 0 Å². The van der Waals surface area contributed by atoms with Crippen molar-refractivity contribution in [2.45, 2.75) is 38.3 Å². The van der Waals surface area contributed by atoms with Crippen molar-refractivity contribution in [2.24, 2.45) is 0 Å². The molecule has 1 saturated heterocycles. The number of carbonyl (C=O) groups is 1. The maximum atomic E-state index is 12.2. The van der Waals surface area contributed by atoms with Gasteiger partial charge in [-0.25, -0.2) is 0 Å². The summed E-state index contributed by atoms with van der Waals surface area (Å²) in [6.45, 7) is 2.76. The van der Waals surface area contributed by atoms with E-state index in [2.05, 4.69) is 6.92 Å². The second-order valence-electron chi connectivity index (χ2n) is 5.13. The molecule has 2 rings (SSSR count). The standard InChI is InChI=1S/C15H20ClNO2/c1-11(10-12-5-7-13(16)8-6-12)17(2)15(18)14-4-3-9-19-14/h5-8,11,14H,3-4,9-10H2,1-2H3. The molecule has 104 valence electrons. The van der Waals surface area contributed by atoms with Crippen molar-refractivity contribution in [3.8, 4) is 0 Å². The van der Waals surface area contributed by atoms with Crippen LogP contribution in [-0.4, -0.2) is 36.6 Å². The van der Waals surface area contributed by atoms with Crippen molar-refractivity contribution in [1.82, 2.24) is 4.90 Å². The summed E-state index contributed by atoms with van der Waals surface area (Å²) in [5.41, 5.74) is 1.18. The van der Waals surface area contributed by atoms with Gasteiger partial charge in [0.1, 0.15) is 6.10 Å². The second-order valence-corrected chi connectivity index (χ2v) is 5.57. The first kappa shape index (κ1) is 14.4. The highest BCUT2D eigenvalue weighted by molar-refractivity contribution is 6.30. The van der Waals surface area contributed by atoms with Crippen molar-refractivity contribution < 1.29 is 9.53 Å². The highest BCUT2D eigenvalue weighted by Gasteiger charge is 2.28. The van der Waals surface area contributed by atoms with Crippen LogP contribution in [-0.2, 0) is 16.0 Å². The van der Waals surface area contributed by atoms with Crippen LogP contribution in [0.2, 0.25) is 5.02 Å². The summed E-state index contributed by atoms with van der Waals surface area (Å²) >= 11 is 5.87. The highest BCUT2D eigenvalue weighted by Crippen LogP contribution is 2.17. The number of benzene rings is 1. The molecule has 1 amide bonds. The number of hydrogen-bond donors (Lipinski definition) is 0. The molecule has 19 heavy (non-hydrogen) atoms. The van der Waals surface area contributed by atoms with E-state index < -0.39 is 0 Å². The summed E-state index contributed by atoms with van der Waals surface area (Å²) in [5.74, 6) is 0.0963. The Labute approximate surface area is 119 Å². The van der Waals surface area contributed by atoms with Crippen LogP contribution in [0.1, 0.15) is 25.3 Å². The monoisotopic (exact) mass is 281 g/mol. The summed E-state index contributed by atoms with van der Waals surface area (Å²) in [7, 11) is 1.85. The van der Waals surface area contributed by atoms with Gasteiger partial charge in [-0.05, 0) is 43.9 Å². The Bertz CT molecular complexity index is 426. The smallest absolute Gasteiger partial charge is 0.251 e. The van der Waals surface area contributed by atoms with Gasteiger partial charge in [-0.3, -0.25) is 4.79 Å². The summed E-state index contributed by atoms with van der Waals surface area (Å²) in [5, 5.41) is 0.736. The van der Waals surface area contributed by atoms with Crippen LogP contribution >= 0.6 is 11.6 Å². The molecule has 1 fully saturated rings. The summed E-state index contributed by atoms with van der Waals surface area (Å²) in [6, 6.07) is 7.92. The van der Waals surface area contributed by atoms with E-state index in [4.69, 9.17) is 16.3 Å². The van der Waals surface area contributed by atoms with Crippen molar-refractivity contribution in [3.05, 3.63) is 34.9 Å². The Morgan fingerprint density at radius 2 is 2.16 bits per heavy atom. The number of hydrogen-bond acceptors (Lipinski definition) is 2. The van der Waals surface area contributed by atoms with Gasteiger partial charge in [-0.2, -0.15) is 0 Å². The predicted molar refractivity (Wildman–Crippen MR) is 76.4 cm³/mol. The molecule has 0 aliphatic carbocycles. The van der Waals surface area contributed by atoms with E-state index in [0.29, 0.717) is 6.61 Å². The van der Waals surface area contributed by atoms with E-state index in [9.17, 15) is 4.79 Å². The molecule has 0 saturated carbocycles. The minimum absolute atomic E-state index is 0.0963. The molecule has 0 aromatic heterocycles. The van der Waals surface area contributed by atoms with E-state index in [0.717, 1.165) is 24.3 Å². The molecule has 1 heterocycles. The fourth-order valence-electron chi connectivity index (χ4n) is 2.32. The third kappa shape index (κ3) is 3.71. The zero-order valence-electron chi connectivity index (χ0n) is 11.4. The average Bonchev–Trinajstić information content (AvgIpc) is 2.93. The summed E-state index contributed by atoms with van der Waals surface area (Å²) in [4.78, 5) is 14.0. The van der Waals surface area contributed by atoms with Gasteiger partial charge in [0, 0.05) is 24.7 Å². The molecule has 1 aliphatic heterocycles. The van der Waals surface area contributed by atoms with Crippen LogP contribution in [0.5, 0.6) is 0 Å². The zero-order chi connectivity index (χ0) is 13.8. The van der Waals surface area contributed by atoms with Crippen LogP contribution in [0.15, 0.2) is 24.3 Å². The molecule has 4 heteroatoms. The van der Waals surface area contributed by atoms with Gasteiger partial charge in [0.15, 0.2) is 0 Å². The number of rotatable bonds is 4. The normalized spacial score (nSPS) is 20.3. The van der Waals surface area contributed by atoms with Crippen molar-refractivity contribution in [2.75, 3.05) is 13.7 Å². The van der Waals surface area contributed by atoms with Crippen LogP contribution in [0.3, 0.4) is 0 Å². The third-order valence-electron chi connectivity index (χ3n) is 3.66. The largest absolute Gasteiger partial charge is 0.368 e. The second kappa shape index (κ2) is 6.40. The van der Waals surface area contributed by atoms with E-state index in [1.807, 2.05) is 31.3 Å². The fraction of sp³-hybridized carbons (Fsp3) is 0.533. The molecule has 1 aliphatic rings. The lowest BCUT2D eigenvalue weighted by molar-refractivity contribution is -0.141. The first-order valence-corrected chi connectivity index (χ1v) is 7.08. The quantitative estimate of drug-likeness (QED) is 0.849. The first-order valence-electron chi connectivity index (χ1n) is 6.70. The Morgan fingerprint density at radius 3 is 2.74 bits per heavy atom. The van der Waals surface area contributed by atoms with Gasteiger partial charge in [-0.15, -0.1) is 0 Å². The number of ether oxygens (including phenoxy) is 1. The molecule has 0 radical (unpaired) electrons. The Hall–Kier alpha value is -1.06. The van der Waals surface area contributed by atoms with Crippen molar-refractivity contribution >= 4 is 17.5 Å². The number of amides is 1. The van der Waals surface area contributed by atoms with Gasteiger partial charge < -0.3 is 9.64 Å². The van der Waals surface area contributed by atoms with Gasteiger partial charge >= 0.3 is 0 Å². The lowest BCUT2D eigenvalue weighted by Crippen LogP contribution is -2.42. The van der Waals surface area contributed by atoms with Crippen molar-refractivity contribution in [1.29, 1.82) is 0 Å².